The Morgan fingerprint density at radius 3 is 2.65 bits per heavy atom. The van der Waals surface area contributed by atoms with Gasteiger partial charge in [-0.2, -0.15) is 0 Å². The minimum atomic E-state index is -0.239. The predicted octanol–water partition coefficient (Wildman–Crippen LogP) is 1.18. The Kier molecular flexibility index (Phi) is 6.88. The standard InChI is InChI=1S/C19H26ClN3O3/c20-17-3-1-15(2-4-17)5-7-23-14-16(13-18(23)24)19(25)21-6-8-22-9-11-26-12-10-22/h1-4,16H,5-14H2,(H,21,25). The second kappa shape index (κ2) is 9.35. The molecule has 1 unspecified atom stereocenters. The van der Waals surface area contributed by atoms with Gasteiger partial charge in [-0.25, -0.2) is 0 Å². The van der Waals surface area contributed by atoms with Crippen LogP contribution in [0, 0.1) is 5.92 Å². The molecule has 2 amide bonds. The molecule has 0 aliphatic carbocycles. The quantitative estimate of drug-likeness (QED) is 0.772. The molecule has 2 saturated heterocycles. The lowest BCUT2D eigenvalue weighted by molar-refractivity contribution is -0.129. The van der Waals surface area contributed by atoms with E-state index < -0.39 is 0 Å². The third-order valence-electron chi connectivity index (χ3n) is 5.00. The number of carbonyl (C=O) groups excluding carboxylic acids is 2. The summed E-state index contributed by atoms with van der Waals surface area (Å²) in [6, 6.07) is 7.65. The molecule has 2 aliphatic rings. The van der Waals surface area contributed by atoms with Crippen molar-refractivity contribution in [1.82, 2.24) is 15.1 Å². The number of morpholine rings is 1. The summed E-state index contributed by atoms with van der Waals surface area (Å²) in [4.78, 5) is 28.6. The summed E-state index contributed by atoms with van der Waals surface area (Å²) in [7, 11) is 0. The lowest BCUT2D eigenvalue weighted by Gasteiger charge is -2.26. The Hall–Kier alpha value is -1.63. The van der Waals surface area contributed by atoms with E-state index in [-0.39, 0.29) is 17.7 Å². The van der Waals surface area contributed by atoms with Gasteiger partial charge >= 0.3 is 0 Å². The zero-order valence-corrected chi connectivity index (χ0v) is 15.7. The van der Waals surface area contributed by atoms with Crippen LogP contribution in [0.25, 0.3) is 0 Å². The molecule has 2 heterocycles. The van der Waals surface area contributed by atoms with Gasteiger partial charge < -0.3 is 15.0 Å². The van der Waals surface area contributed by atoms with E-state index in [1.165, 1.54) is 0 Å². The van der Waals surface area contributed by atoms with Gasteiger partial charge in [0, 0.05) is 50.7 Å². The Balaban J connectivity index is 1.38. The van der Waals surface area contributed by atoms with Crippen LogP contribution >= 0.6 is 11.6 Å². The van der Waals surface area contributed by atoms with E-state index in [0.29, 0.717) is 31.1 Å². The fourth-order valence-electron chi connectivity index (χ4n) is 3.39. The fourth-order valence-corrected chi connectivity index (χ4v) is 3.51. The first-order valence-corrected chi connectivity index (χ1v) is 9.59. The first kappa shape index (κ1) is 19.1. The number of likely N-dealkylation sites (tertiary alicyclic amines) is 1. The second-order valence-electron chi connectivity index (χ2n) is 6.86. The topological polar surface area (TPSA) is 61.9 Å². The third kappa shape index (κ3) is 5.43. The van der Waals surface area contributed by atoms with Gasteiger partial charge in [0.2, 0.25) is 11.8 Å². The maximum Gasteiger partial charge on any atom is 0.225 e. The lowest BCUT2D eigenvalue weighted by atomic mass is 10.1. The number of rotatable bonds is 7. The third-order valence-corrected chi connectivity index (χ3v) is 5.25. The fraction of sp³-hybridized carbons (Fsp3) is 0.579. The van der Waals surface area contributed by atoms with Crippen LogP contribution in [-0.2, 0) is 20.7 Å². The highest BCUT2D eigenvalue weighted by Crippen LogP contribution is 2.19. The van der Waals surface area contributed by atoms with Crippen LogP contribution in [0.15, 0.2) is 24.3 Å². The van der Waals surface area contributed by atoms with Crippen LogP contribution in [0.4, 0.5) is 0 Å². The number of amides is 2. The summed E-state index contributed by atoms with van der Waals surface area (Å²) < 4.78 is 5.31. The SMILES string of the molecule is O=C(NCCN1CCOCC1)C1CC(=O)N(CCc2ccc(Cl)cc2)C1. The molecular weight excluding hydrogens is 354 g/mol. The van der Waals surface area contributed by atoms with Gasteiger partial charge in [-0.05, 0) is 24.1 Å². The number of halogens is 1. The van der Waals surface area contributed by atoms with Gasteiger partial charge in [-0.3, -0.25) is 14.5 Å². The second-order valence-corrected chi connectivity index (χ2v) is 7.30. The van der Waals surface area contributed by atoms with Crippen molar-refractivity contribution >= 4 is 23.4 Å². The number of nitrogens with zero attached hydrogens (tertiary/aromatic N) is 2. The van der Waals surface area contributed by atoms with Gasteiger partial charge in [0.1, 0.15) is 0 Å². The Morgan fingerprint density at radius 1 is 1.19 bits per heavy atom. The van der Waals surface area contributed by atoms with Crippen molar-refractivity contribution in [2.24, 2.45) is 5.92 Å². The van der Waals surface area contributed by atoms with Gasteiger partial charge in [0.15, 0.2) is 0 Å². The largest absolute Gasteiger partial charge is 0.379 e. The minimum absolute atomic E-state index is 0.0133. The van der Waals surface area contributed by atoms with Crippen molar-refractivity contribution in [2.75, 3.05) is 52.5 Å². The van der Waals surface area contributed by atoms with E-state index in [0.717, 1.165) is 44.8 Å². The van der Waals surface area contributed by atoms with Crippen LogP contribution < -0.4 is 5.32 Å². The summed E-state index contributed by atoms with van der Waals surface area (Å²) in [6.45, 7) is 5.94. The van der Waals surface area contributed by atoms with Crippen LogP contribution in [0.3, 0.4) is 0 Å². The molecular formula is C19H26ClN3O3. The number of nitrogens with one attached hydrogen (secondary N) is 1. The van der Waals surface area contributed by atoms with E-state index in [1.807, 2.05) is 24.3 Å². The van der Waals surface area contributed by atoms with Crippen molar-refractivity contribution in [3.05, 3.63) is 34.9 Å². The summed E-state index contributed by atoms with van der Waals surface area (Å²) in [5.74, 6) is -0.190. The van der Waals surface area contributed by atoms with Crippen molar-refractivity contribution in [3.8, 4) is 0 Å². The highest BCUT2D eigenvalue weighted by atomic mass is 35.5. The molecule has 1 aromatic rings. The number of carbonyl (C=O) groups is 2. The molecule has 1 aromatic carbocycles. The van der Waals surface area contributed by atoms with Crippen LogP contribution in [0.5, 0.6) is 0 Å². The Bertz CT molecular complexity index is 617. The number of ether oxygens (including phenoxy) is 1. The smallest absolute Gasteiger partial charge is 0.225 e. The molecule has 0 radical (unpaired) electrons. The van der Waals surface area contributed by atoms with Crippen molar-refractivity contribution in [3.63, 3.8) is 0 Å². The Labute approximate surface area is 159 Å². The lowest BCUT2D eigenvalue weighted by Crippen LogP contribution is -2.42. The zero-order valence-electron chi connectivity index (χ0n) is 15.0. The molecule has 2 fully saturated rings. The van der Waals surface area contributed by atoms with Gasteiger partial charge in [0.25, 0.3) is 0 Å². The maximum absolute atomic E-state index is 12.3. The molecule has 2 aliphatic heterocycles. The number of hydrogen-bond donors (Lipinski definition) is 1. The highest BCUT2D eigenvalue weighted by Gasteiger charge is 2.33. The highest BCUT2D eigenvalue weighted by molar-refractivity contribution is 6.30. The predicted molar refractivity (Wildman–Crippen MR) is 100 cm³/mol. The molecule has 1 atom stereocenters. The molecule has 0 spiro atoms. The van der Waals surface area contributed by atoms with Crippen molar-refractivity contribution < 1.29 is 14.3 Å². The average molecular weight is 380 g/mol. The molecule has 0 bridgehead atoms. The molecule has 26 heavy (non-hydrogen) atoms. The Morgan fingerprint density at radius 2 is 1.92 bits per heavy atom. The molecule has 3 rings (SSSR count). The maximum atomic E-state index is 12.3. The summed E-state index contributed by atoms with van der Waals surface area (Å²) in [5.41, 5.74) is 1.14. The first-order chi connectivity index (χ1) is 12.6. The van der Waals surface area contributed by atoms with Gasteiger partial charge in [-0.1, -0.05) is 23.7 Å². The number of benzene rings is 1. The number of hydrogen-bond acceptors (Lipinski definition) is 4. The van der Waals surface area contributed by atoms with Crippen molar-refractivity contribution in [1.29, 1.82) is 0 Å². The summed E-state index contributed by atoms with van der Waals surface area (Å²) in [6.07, 6.45) is 1.08. The van der Waals surface area contributed by atoms with E-state index in [2.05, 4.69) is 10.2 Å². The van der Waals surface area contributed by atoms with E-state index in [9.17, 15) is 9.59 Å². The first-order valence-electron chi connectivity index (χ1n) is 9.22. The molecule has 0 aromatic heterocycles. The molecule has 7 heteroatoms. The van der Waals surface area contributed by atoms with E-state index >= 15 is 0 Å². The van der Waals surface area contributed by atoms with Crippen LogP contribution in [0.1, 0.15) is 12.0 Å². The average Bonchev–Trinajstić information content (AvgIpc) is 3.03. The van der Waals surface area contributed by atoms with Gasteiger partial charge in [0.05, 0.1) is 19.1 Å². The molecule has 1 N–H and O–H groups in total. The normalized spacial score (nSPS) is 21.2. The van der Waals surface area contributed by atoms with Crippen molar-refractivity contribution in [2.45, 2.75) is 12.8 Å². The monoisotopic (exact) mass is 379 g/mol. The molecule has 0 saturated carbocycles. The zero-order chi connectivity index (χ0) is 18.4. The van der Waals surface area contributed by atoms with Gasteiger partial charge in [-0.15, -0.1) is 0 Å². The van der Waals surface area contributed by atoms with Crippen LogP contribution in [0.2, 0.25) is 5.02 Å². The minimum Gasteiger partial charge on any atom is -0.379 e. The van der Waals surface area contributed by atoms with E-state index in [4.69, 9.17) is 16.3 Å². The van der Waals surface area contributed by atoms with Crippen LogP contribution in [-0.4, -0.2) is 74.1 Å². The molecule has 6 nitrogen and oxygen atoms in total. The van der Waals surface area contributed by atoms with E-state index in [1.54, 1.807) is 4.90 Å². The summed E-state index contributed by atoms with van der Waals surface area (Å²) >= 11 is 5.89. The molecule has 142 valence electrons. The summed E-state index contributed by atoms with van der Waals surface area (Å²) in [5, 5.41) is 3.69.